The van der Waals surface area contributed by atoms with E-state index in [1.807, 2.05) is 44.9 Å². The molecule has 1 heterocycles. The molecule has 0 spiro atoms. The minimum atomic E-state index is -2.52. The molecule has 1 rings (SSSR count). The van der Waals surface area contributed by atoms with Crippen LogP contribution in [-0.2, 0) is 19.7 Å². The van der Waals surface area contributed by atoms with Gasteiger partial charge < -0.3 is 13.3 Å². The summed E-state index contributed by atoms with van der Waals surface area (Å²) in [5.74, 6) is 1.08. The molecule has 1 aromatic heterocycles. The summed E-state index contributed by atoms with van der Waals surface area (Å²) >= 11 is 1.95. The Hall–Kier alpha value is -0.403. The maximum Gasteiger partial charge on any atom is 0.502 e. The molecule has 0 aliphatic rings. The van der Waals surface area contributed by atoms with Crippen molar-refractivity contribution in [1.82, 2.24) is 4.98 Å². The topological polar surface area (TPSA) is 40.6 Å². The first-order valence-electron chi connectivity index (χ1n) is 8.08. The summed E-state index contributed by atoms with van der Waals surface area (Å²) in [7, 11) is -2.52. The van der Waals surface area contributed by atoms with Crippen LogP contribution in [0.4, 0.5) is 0 Å². The molecule has 126 valence electrons. The van der Waals surface area contributed by atoms with E-state index in [1.165, 1.54) is 5.56 Å². The first-order chi connectivity index (χ1) is 10.7. The summed E-state index contributed by atoms with van der Waals surface area (Å²) in [5.41, 5.74) is 1.33. The van der Waals surface area contributed by atoms with Crippen molar-refractivity contribution >= 4 is 20.6 Å². The highest BCUT2D eigenvalue weighted by atomic mass is 32.2. The lowest BCUT2D eigenvalue weighted by atomic mass is 10.2. The van der Waals surface area contributed by atoms with Crippen LogP contribution in [-0.4, -0.2) is 44.6 Å². The zero-order valence-corrected chi connectivity index (χ0v) is 16.0. The fraction of sp³-hybridized carbons (Fsp3) is 0.688. The summed E-state index contributed by atoms with van der Waals surface area (Å²) < 4.78 is 17.8. The maximum absolute atomic E-state index is 5.92. The average molecular weight is 344 g/mol. The van der Waals surface area contributed by atoms with Crippen LogP contribution in [0, 0.1) is 0 Å². The average Bonchev–Trinajstić information content (AvgIpc) is 2.49. The van der Waals surface area contributed by atoms with Crippen LogP contribution in [0.5, 0.6) is 0 Å². The zero-order chi connectivity index (χ0) is 16.3. The Labute approximate surface area is 140 Å². The van der Waals surface area contributed by atoms with Crippen molar-refractivity contribution in [3.63, 3.8) is 0 Å². The standard InChI is InChI=1S/C16H29NO3SSi/c1-5-18-22(19-6-2,20-7-3)14-15(4)21-13-10-16-8-11-17-12-9-16/h8-9,11-12,15H,5-7,10,13-14H2,1-4H3. The number of rotatable bonds is 12. The number of pyridine rings is 1. The lowest BCUT2D eigenvalue weighted by Gasteiger charge is -2.30. The molecule has 0 saturated carbocycles. The van der Waals surface area contributed by atoms with Crippen molar-refractivity contribution in [2.24, 2.45) is 0 Å². The summed E-state index contributed by atoms with van der Waals surface area (Å²) in [4.78, 5) is 4.05. The Morgan fingerprint density at radius 1 is 1.05 bits per heavy atom. The van der Waals surface area contributed by atoms with Gasteiger partial charge >= 0.3 is 8.80 Å². The summed E-state index contributed by atoms with van der Waals surface area (Å²) in [5, 5.41) is 0.457. The molecule has 1 aromatic rings. The summed E-state index contributed by atoms with van der Waals surface area (Å²) in [6, 6.07) is 5.01. The third-order valence-electron chi connectivity index (χ3n) is 3.17. The fourth-order valence-corrected chi connectivity index (χ4v) is 6.77. The second-order valence-corrected chi connectivity index (χ2v) is 9.16. The van der Waals surface area contributed by atoms with Crippen LogP contribution >= 0.6 is 11.8 Å². The van der Waals surface area contributed by atoms with Crippen molar-refractivity contribution in [1.29, 1.82) is 0 Å². The van der Waals surface area contributed by atoms with Gasteiger partial charge in [-0.1, -0.05) is 6.92 Å². The molecule has 0 aliphatic heterocycles. The summed E-state index contributed by atoms with van der Waals surface area (Å²) in [6.07, 6.45) is 4.76. The second kappa shape index (κ2) is 11.2. The Bertz CT molecular complexity index is 377. The fourth-order valence-electron chi connectivity index (χ4n) is 2.30. The molecule has 0 fully saturated rings. The molecular weight excluding hydrogens is 314 g/mol. The Kier molecular flexibility index (Phi) is 9.98. The quantitative estimate of drug-likeness (QED) is 0.540. The van der Waals surface area contributed by atoms with Crippen LogP contribution in [0.25, 0.3) is 0 Å². The van der Waals surface area contributed by atoms with Gasteiger partial charge in [-0.25, -0.2) is 0 Å². The van der Waals surface area contributed by atoms with Gasteiger partial charge in [0.1, 0.15) is 0 Å². The van der Waals surface area contributed by atoms with Crippen molar-refractivity contribution < 1.29 is 13.3 Å². The van der Waals surface area contributed by atoms with E-state index in [-0.39, 0.29) is 0 Å². The van der Waals surface area contributed by atoms with Gasteiger partial charge in [0.15, 0.2) is 0 Å². The van der Waals surface area contributed by atoms with Gasteiger partial charge in [-0.2, -0.15) is 11.8 Å². The van der Waals surface area contributed by atoms with Crippen LogP contribution in [0.3, 0.4) is 0 Å². The number of nitrogens with zero attached hydrogens (tertiary/aromatic N) is 1. The molecule has 1 atom stereocenters. The first-order valence-corrected chi connectivity index (χ1v) is 11.1. The van der Waals surface area contributed by atoms with Crippen molar-refractivity contribution in [3.8, 4) is 0 Å². The number of hydrogen-bond acceptors (Lipinski definition) is 5. The van der Waals surface area contributed by atoms with Crippen LogP contribution < -0.4 is 0 Å². The molecule has 0 bridgehead atoms. The highest BCUT2D eigenvalue weighted by molar-refractivity contribution is 7.99. The molecule has 0 N–H and O–H groups in total. The van der Waals surface area contributed by atoms with Crippen molar-refractivity contribution in [3.05, 3.63) is 30.1 Å². The van der Waals surface area contributed by atoms with Gasteiger partial charge in [0.25, 0.3) is 0 Å². The normalized spacial score (nSPS) is 13.3. The number of hydrogen-bond donors (Lipinski definition) is 0. The number of thioether (sulfide) groups is 1. The minimum absolute atomic E-state index is 0.457. The van der Waals surface area contributed by atoms with E-state index in [2.05, 4.69) is 24.0 Å². The van der Waals surface area contributed by atoms with Gasteiger partial charge in [0.2, 0.25) is 0 Å². The van der Waals surface area contributed by atoms with Gasteiger partial charge in [-0.15, -0.1) is 0 Å². The van der Waals surface area contributed by atoms with Crippen molar-refractivity contribution in [2.45, 2.75) is 45.4 Å². The SMILES string of the molecule is CCO[Si](CC(C)SCCc1ccncc1)(OCC)OCC. The lowest BCUT2D eigenvalue weighted by Crippen LogP contribution is -2.47. The molecule has 0 radical (unpaired) electrons. The molecule has 0 amide bonds. The molecular formula is C16H29NO3SSi. The molecule has 4 nitrogen and oxygen atoms in total. The molecule has 6 heteroatoms. The highest BCUT2D eigenvalue weighted by Gasteiger charge is 2.41. The monoisotopic (exact) mass is 343 g/mol. The van der Waals surface area contributed by atoms with Gasteiger partial charge in [-0.05, 0) is 50.6 Å². The van der Waals surface area contributed by atoms with Gasteiger partial charge in [-0.3, -0.25) is 4.98 Å². The highest BCUT2D eigenvalue weighted by Crippen LogP contribution is 2.25. The van der Waals surface area contributed by atoms with E-state index in [0.717, 1.165) is 18.2 Å². The second-order valence-electron chi connectivity index (χ2n) is 4.97. The predicted molar refractivity (Wildman–Crippen MR) is 95.3 cm³/mol. The molecule has 0 aliphatic carbocycles. The van der Waals surface area contributed by atoms with E-state index in [1.54, 1.807) is 0 Å². The smallest absolute Gasteiger partial charge is 0.374 e. The third-order valence-corrected chi connectivity index (χ3v) is 7.94. The molecule has 22 heavy (non-hydrogen) atoms. The maximum atomic E-state index is 5.92. The largest absolute Gasteiger partial charge is 0.502 e. The van der Waals surface area contributed by atoms with Crippen molar-refractivity contribution in [2.75, 3.05) is 25.6 Å². The first kappa shape index (κ1) is 19.6. The van der Waals surface area contributed by atoms with Crippen LogP contribution in [0.1, 0.15) is 33.3 Å². The summed E-state index contributed by atoms with van der Waals surface area (Å²) in [6.45, 7) is 10.2. The van der Waals surface area contributed by atoms with Gasteiger partial charge in [0, 0.05) is 43.5 Å². The Morgan fingerprint density at radius 2 is 1.59 bits per heavy atom. The van der Waals surface area contributed by atoms with Gasteiger partial charge in [0.05, 0.1) is 0 Å². The number of aryl methyl sites for hydroxylation is 1. The van der Waals surface area contributed by atoms with Crippen LogP contribution in [0.2, 0.25) is 6.04 Å². The van der Waals surface area contributed by atoms with E-state index in [4.69, 9.17) is 13.3 Å². The number of aromatic nitrogens is 1. The van der Waals surface area contributed by atoms with E-state index >= 15 is 0 Å². The molecule has 1 unspecified atom stereocenters. The van der Waals surface area contributed by atoms with Crippen LogP contribution in [0.15, 0.2) is 24.5 Å². The Morgan fingerprint density at radius 3 is 2.09 bits per heavy atom. The van der Waals surface area contributed by atoms with E-state index < -0.39 is 8.80 Å². The van der Waals surface area contributed by atoms with E-state index in [0.29, 0.717) is 25.1 Å². The predicted octanol–water partition coefficient (Wildman–Crippen LogP) is 3.79. The molecule has 0 saturated heterocycles. The van der Waals surface area contributed by atoms with E-state index in [9.17, 15) is 0 Å². The lowest BCUT2D eigenvalue weighted by molar-refractivity contribution is 0.0715. The Balaban J connectivity index is 2.46. The third kappa shape index (κ3) is 7.24. The minimum Gasteiger partial charge on any atom is -0.374 e. The molecule has 0 aromatic carbocycles. The zero-order valence-electron chi connectivity index (χ0n) is 14.2.